The Labute approximate surface area is 199 Å². The molecule has 172 valence electrons. The van der Waals surface area contributed by atoms with Gasteiger partial charge in [-0.05, 0) is 80.6 Å². The van der Waals surface area contributed by atoms with Gasteiger partial charge in [0, 0.05) is 4.90 Å². The van der Waals surface area contributed by atoms with Gasteiger partial charge in [-0.1, -0.05) is 37.1 Å². The number of unbranched alkanes of at least 4 members (excludes halogenated alkanes) is 1. The van der Waals surface area contributed by atoms with E-state index in [4.69, 9.17) is 13.7 Å². The van der Waals surface area contributed by atoms with Crippen LogP contribution in [-0.4, -0.2) is 24.2 Å². The Kier molecular flexibility index (Phi) is 11.2. The lowest BCUT2D eigenvalue weighted by Gasteiger charge is -2.09. The van der Waals surface area contributed by atoms with Crippen LogP contribution < -0.4 is 13.7 Å². The Balaban J connectivity index is 0.000000235. The molecule has 0 saturated carbocycles. The zero-order valence-electron chi connectivity index (χ0n) is 19.4. The van der Waals surface area contributed by atoms with Crippen molar-refractivity contribution in [1.29, 1.82) is 0 Å². The number of hydrogen-bond acceptors (Lipinski definition) is 5. The number of methoxy groups -OCH3 is 1. The largest absolute Gasteiger partial charge is 0.497 e. The minimum atomic E-state index is -1.51. The van der Waals surface area contributed by atoms with Crippen LogP contribution in [-0.2, 0) is 11.1 Å². The molecule has 32 heavy (non-hydrogen) atoms. The molecule has 0 bridgehead atoms. The molecule has 1 atom stereocenters. The topological polar surface area (TPSA) is 44.8 Å². The van der Waals surface area contributed by atoms with Gasteiger partial charge in [0.05, 0.1) is 18.6 Å². The number of rotatable bonds is 9. The van der Waals surface area contributed by atoms with E-state index in [0.29, 0.717) is 10.6 Å². The second-order valence-electron chi connectivity index (χ2n) is 7.16. The van der Waals surface area contributed by atoms with Gasteiger partial charge in [-0.3, -0.25) is 0 Å². The van der Waals surface area contributed by atoms with Crippen molar-refractivity contribution in [3.63, 3.8) is 0 Å². The van der Waals surface area contributed by atoms with Crippen molar-refractivity contribution < 1.29 is 17.9 Å². The second kappa shape index (κ2) is 13.9. The maximum absolute atomic E-state index is 11.9. The lowest BCUT2D eigenvalue weighted by atomic mass is 10.2. The molecule has 0 aliphatic carbocycles. The van der Waals surface area contributed by atoms with Crippen LogP contribution in [0, 0.1) is 13.8 Å². The fraction of sp³-hybridized carbons (Fsp3) is 0.308. The van der Waals surface area contributed by atoms with E-state index in [1.807, 2.05) is 19.1 Å². The first-order valence-corrected chi connectivity index (χ1v) is 12.8. The second-order valence-corrected chi connectivity index (χ2v) is 9.12. The molecule has 0 N–H and O–H groups in total. The van der Waals surface area contributed by atoms with Gasteiger partial charge in [0.1, 0.15) is 17.2 Å². The standard InChI is InChI=1S/C14H14O3S.C12H18OS/c1-11-3-5-13(6-4-11)17-18(15)14-9-7-12(16-2)8-10-14;1-4-5-8-13-11-7-6-10(2)9-12(11)14-3/h3-10H,1-2H3;6-7,9H,4-5,8H2,1-3H3. The molecule has 0 fully saturated rings. The molecule has 0 saturated heterocycles. The Morgan fingerprint density at radius 3 is 2.09 bits per heavy atom. The van der Waals surface area contributed by atoms with Crippen LogP contribution in [0.5, 0.6) is 17.2 Å². The van der Waals surface area contributed by atoms with Crippen LogP contribution >= 0.6 is 11.8 Å². The van der Waals surface area contributed by atoms with Crippen molar-refractivity contribution in [2.24, 2.45) is 0 Å². The number of aryl methyl sites for hydroxylation is 2. The van der Waals surface area contributed by atoms with Crippen LogP contribution in [0.2, 0.25) is 0 Å². The lowest BCUT2D eigenvalue weighted by molar-refractivity contribution is 0.302. The van der Waals surface area contributed by atoms with Crippen LogP contribution in [0.15, 0.2) is 76.5 Å². The molecular weight excluding hydrogens is 440 g/mol. The van der Waals surface area contributed by atoms with Crippen molar-refractivity contribution in [2.45, 2.75) is 43.4 Å². The minimum absolute atomic E-state index is 0.592. The summed E-state index contributed by atoms with van der Waals surface area (Å²) in [5.41, 5.74) is 2.43. The van der Waals surface area contributed by atoms with Gasteiger partial charge >= 0.3 is 0 Å². The van der Waals surface area contributed by atoms with Gasteiger partial charge in [0.15, 0.2) is 0 Å². The predicted octanol–water partition coefficient (Wildman–Crippen LogP) is 7.00. The van der Waals surface area contributed by atoms with Gasteiger partial charge in [0.2, 0.25) is 11.1 Å². The summed E-state index contributed by atoms with van der Waals surface area (Å²) in [6.07, 6.45) is 4.39. The Morgan fingerprint density at radius 1 is 0.875 bits per heavy atom. The molecular formula is C26H32O4S2. The molecule has 3 aromatic rings. The van der Waals surface area contributed by atoms with Crippen LogP contribution in [0.25, 0.3) is 0 Å². The SMILES string of the molecule is CCCCOc1ccc(C)cc1SC.COc1ccc(S(=O)Oc2ccc(C)cc2)cc1. The molecule has 3 aromatic carbocycles. The fourth-order valence-electron chi connectivity index (χ4n) is 2.64. The summed E-state index contributed by atoms with van der Waals surface area (Å²) in [5.74, 6) is 2.34. The van der Waals surface area contributed by atoms with E-state index < -0.39 is 11.1 Å². The molecule has 6 heteroatoms. The third kappa shape index (κ3) is 8.60. The normalized spacial score (nSPS) is 11.2. The molecule has 0 amide bonds. The predicted molar refractivity (Wildman–Crippen MR) is 135 cm³/mol. The lowest BCUT2D eigenvalue weighted by Crippen LogP contribution is -2.00. The van der Waals surface area contributed by atoms with E-state index in [1.165, 1.54) is 16.9 Å². The summed E-state index contributed by atoms with van der Waals surface area (Å²) in [5, 5.41) is 0. The van der Waals surface area contributed by atoms with Crippen molar-refractivity contribution in [1.82, 2.24) is 0 Å². The molecule has 0 aliphatic heterocycles. The maximum atomic E-state index is 11.9. The first kappa shape index (κ1) is 25.8. The van der Waals surface area contributed by atoms with E-state index in [2.05, 4.69) is 38.3 Å². The van der Waals surface area contributed by atoms with Crippen molar-refractivity contribution in [3.05, 3.63) is 77.9 Å². The smallest absolute Gasteiger partial charge is 0.240 e. The Bertz CT molecular complexity index is 970. The Hall–Kier alpha value is -2.44. The van der Waals surface area contributed by atoms with Crippen molar-refractivity contribution >= 4 is 22.8 Å². The van der Waals surface area contributed by atoms with E-state index in [-0.39, 0.29) is 0 Å². The number of hydrogen-bond donors (Lipinski definition) is 0. The third-order valence-electron chi connectivity index (χ3n) is 4.52. The Morgan fingerprint density at radius 2 is 1.50 bits per heavy atom. The van der Waals surface area contributed by atoms with Gasteiger partial charge in [-0.2, -0.15) is 0 Å². The van der Waals surface area contributed by atoms with Gasteiger partial charge < -0.3 is 13.7 Å². The van der Waals surface area contributed by atoms with Crippen LogP contribution in [0.4, 0.5) is 0 Å². The molecule has 1 unspecified atom stereocenters. The van der Waals surface area contributed by atoms with E-state index in [1.54, 1.807) is 55.3 Å². The van der Waals surface area contributed by atoms with E-state index >= 15 is 0 Å². The highest BCUT2D eigenvalue weighted by Gasteiger charge is 2.06. The van der Waals surface area contributed by atoms with Gasteiger partial charge in [0.25, 0.3) is 0 Å². The third-order valence-corrected chi connectivity index (χ3v) is 6.28. The number of benzene rings is 3. The summed E-state index contributed by atoms with van der Waals surface area (Å²) in [6, 6.07) is 20.7. The summed E-state index contributed by atoms with van der Waals surface area (Å²) in [7, 11) is 1.59. The molecule has 4 nitrogen and oxygen atoms in total. The minimum Gasteiger partial charge on any atom is -0.497 e. The molecule has 0 aromatic heterocycles. The summed E-state index contributed by atoms with van der Waals surface area (Å²) < 4.78 is 28.1. The van der Waals surface area contributed by atoms with Gasteiger partial charge in [-0.25, -0.2) is 4.21 Å². The van der Waals surface area contributed by atoms with E-state index in [9.17, 15) is 4.21 Å². The van der Waals surface area contributed by atoms with Crippen LogP contribution in [0.3, 0.4) is 0 Å². The first-order chi connectivity index (χ1) is 15.5. The monoisotopic (exact) mass is 472 g/mol. The molecule has 0 aliphatic rings. The average Bonchev–Trinajstić information content (AvgIpc) is 2.82. The quantitative estimate of drug-likeness (QED) is 0.248. The zero-order chi connectivity index (χ0) is 23.3. The molecule has 0 spiro atoms. The van der Waals surface area contributed by atoms with Crippen molar-refractivity contribution in [2.75, 3.05) is 20.0 Å². The van der Waals surface area contributed by atoms with Crippen LogP contribution in [0.1, 0.15) is 30.9 Å². The first-order valence-electron chi connectivity index (χ1n) is 10.5. The zero-order valence-corrected chi connectivity index (χ0v) is 21.1. The summed E-state index contributed by atoms with van der Waals surface area (Å²) in [4.78, 5) is 1.84. The average molecular weight is 473 g/mol. The molecule has 0 heterocycles. The molecule has 0 radical (unpaired) electrons. The van der Waals surface area contributed by atoms with Gasteiger partial charge in [-0.15, -0.1) is 11.8 Å². The highest BCUT2D eigenvalue weighted by molar-refractivity contribution is 7.98. The molecule has 3 rings (SSSR count). The van der Waals surface area contributed by atoms with E-state index in [0.717, 1.165) is 30.1 Å². The van der Waals surface area contributed by atoms with Crippen molar-refractivity contribution in [3.8, 4) is 17.2 Å². The highest BCUT2D eigenvalue weighted by Crippen LogP contribution is 2.28. The maximum Gasteiger partial charge on any atom is 0.240 e. The number of ether oxygens (including phenoxy) is 2. The fourth-order valence-corrected chi connectivity index (χ4v) is 4.01. The highest BCUT2D eigenvalue weighted by atomic mass is 32.2. The summed E-state index contributed by atoms with van der Waals surface area (Å²) >= 11 is 0.236. The summed E-state index contributed by atoms with van der Waals surface area (Å²) in [6.45, 7) is 7.10. The number of thioether (sulfide) groups is 1.